The number of unbranched alkanes of at least 4 members (excludes halogenated alkanes) is 10. The highest BCUT2D eigenvalue weighted by Crippen LogP contribution is 2.46. The van der Waals surface area contributed by atoms with Gasteiger partial charge in [-0.1, -0.05) is 130 Å². The first-order valence-corrected chi connectivity index (χ1v) is 13.9. The van der Waals surface area contributed by atoms with Crippen molar-refractivity contribution in [2.45, 2.75) is 149 Å². The smallest absolute Gasteiger partial charge is 0.115 e. The van der Waals surface area contributed by atoms with Gasteiger partial charge in [0, 0.05) is 0 Å². The number of rotatable bonds is 20. The van der Waals surface area contributed by atoms with E-state index >= 15 is 0 Å². The molecule has 0 saturated heterocycles. The van der Waals surface area contributed by atoms with E-state index in [1.165, 1.54) is 121 Å². The fourth-order valence-corrected chi connectivity index (χ4v) is 5.51. The fourth-order valence-electron chi connectivity index (χ4n) is 5.51. The zero-order chi connectivity index (χ0) is 22.8. The summed E-state index contributed by atoms with van der Waals surface area (Å²) in [7, 11) is 0. The summed E-state index contributed by atoms with van der Waals surface area (Å²) in [5, 5.41) is 9.93. The minimum Gasteiger partial charge on any atom is -0.508 e. The molecule has 1 aromatic carbocycles. The van der Waals surface area contributed by atoms with Crippen LogP contribution >= 0.6 is 0 Å². The molecule has 0 bridgehead atoms. The molecule has 0 radical (unpaired) electrons. The molecule has 31 heavy (non-hydrogen) atoms. The molecule has 0 heterocycles. The van der Waals surface area contributed by atoms with Crippen molar-refractivity contribution in [3.05, 3.63) is 29.8 Å². The summed E-state index contributed by atoms with van der Waals surface area (Å²) in [6, 6.07) is 8.34. The van der Waals surface area contributed by atoms with Crippen LogP contribution in [-0.2, 0) is 5.41 Å². The van der Waals surface area contributed by atoms with Crippen LogP contribution in [0, 0.1) is 5.92 Å². The Morgan fingerprint density at radius 2 is 1.03 bits per heavy atom. The first-order valence-electron chi connectivity index (χ1n) is 13.9. The van der Waals surface area contributed by atoms with E-state index in [9.17, 15) is 5.11 Å². The maximum Gasteiger partial charge on any atom is 0.115 e. The number of phenolic OH excluding ortho intramolecular Hbond substituents is 1. The second-order valence-corrected chi connectivity index (χ2v) is 10.0. The number of hydrogen-bond donors (Lipinski definition) is 1. The van der Waals surface area contributed by atoms with Gasteiger partial charge in [-0.2, -0.15) is 0 Å². The van der Waals surface area contributed by atoms with Gasteiger partial charge in [0.15, 0.2) is 0 Å². The van der Waals surface area contributed by atoms with Crippen molar-refractivity contribution in [3.8, 4) is 5.75 Å². The van der Waals surface area contributed by atoms with Crippen LogP contribution in [0.4, 0.5) is 0 Å². The molecule has 1 aromatic rings. The lowest BCUT2D eigenvalue weighted by molar-refractivity contribution is 0.187. The van der Waals surface area contributed by atoms with Gasteiger partial charge in [0.2, 0.25) is 0 Å². The molecule has 1 atom stereocenters. The normalized spacial score (nSPS) is 12.9. The van der Waals surface area contributed by atoms with Gasteiger partial charge in [0.05, 0.1) is 0 Å². The summed E-state index contributed by atoms with van der Waals surface area (Å²) in [5.74, 6) is 1.17. The predicted octanol–water partition coefficient (Wildman–Crippen LogP) is 10.3. The molecule has 0 aliphatic rings. The van der Waals surface area contributed by atoms with E-state index in [4.69, 9.17) is 0 Å². The van der Waals surface area contributed by atoms with Gasteiger partial charge in [-0.05, 0) is 54.7 Å². The van der Waals surface area contributed by atoms with Crippen molar-refractivity contribution in [1.82, 2.24) is 0 Å². The Hall–Kier alpha value is -0.980. The average Bonchev–Trinajstić information content (AvgIpc) is 2.79. The summed E-state index contributed by atoms with van der Waals surface area (Å²) >= 11 is 0. The lowest BCUT2D eigenvalue weighted by Gasteiger charge is -2.43. The van der Waals surface area contributed by atoms with Crippen molar-refractivity contribution in [2.24, 2.45) is 5.92 Å². The van der Waals surface area contributed by atoms with Crippen LogP contribution in [0.15, 0.2) is 24.3 Å². The predicted molar refractivity (Wildman–Crippen MR) is 139 cm³/mol. The highest BCUT2D eigenvalue weighted by molar-refractivity contribution is 5.32. The molecule has 0 saturated carbocycles. The Labute approximate surface area is 195 Å². The third-order valence-electron chi connectivity index (χ3n) is 7.49. The zero-order valence-electron chi connectivity index (χ0n) is 21.6. The van der Waals surface area contributed by atoms with Gasteiger partial charge in [0.25, 0.3) is 0 Å². The number of hydrogen-bond acceptors (Lipinski definition) is 1. The van der Waals surface area contributed by atoms with Gasteiger partial charge < -0.3 is 5.11 Å². The lowest BCUT2D eigenvalue weighted by atomic mass is 9.61. The van der Waals surface area contributed by atoms with Gasteiger partial charge in [0.1, 0.15) is 5.75 Å². The van der Waals surface area contributed by atoms with E-state index in [-0.39, 0.29) is 5.41 Å². The largest absolute Gasteiger partial charge is 0.508 e. The van der Waals surface area contributed by atoms with Crippen LogP contribution in [-0.4, -0.2) is 5.11 Å². The van der Waals surface area contributed by atoms with Crippen LogP contribution in [0.25, 0.3) is 0 Å². The molecule has 0 fully saturated rings. The van der Waals surface area contributed by atoms with E-state index in [0.717, 1.165) is 5.92 Å². The van der Waals surface area contributed by atoms with E-state index < -0.39 is 0 Å². The maximum absolute atomic E-state index is 9.93. The summed E-state index contributed by atoms with van der Waals surface area (Å²) in [4.78, 5) is 0. The average molecular weight is 431 g/mol. The summed E-state index contributed by atoms with van der Waals surface area (Å²) < 4.78 is 0. The van der Waals surface area contributed by atoms with E-state index in [0.29, 0.717) is 5.75 Å². The molecule has 1 nitrogen and oxygen atoms in total. The molecular formula is C30H54O. The number of aromatic hydroxyl groups is 1. The Morgan fingerprint density at radius 1 is 0.581 bits per heavy atom. The quantitative estimate of drug-likeness (QED) is 0.204. The standard InChI is InChI=1S/C30H54O/c1-5-9-13-14-15-16-17-18-20-27(19-10-6-2)30(25-11-7-3,26-12-8-4)28-21-23-29(31)24-22-28/h21-24,27,31H,5-20,25-26H2,1-4H3. The van der Waals surface area contributed by atoms with Gasteiger partial charge in [-0.3, -0.25) is 0 Å². The molecule has 0 spiro atoms. The van der Waals surface area contributed by atoms with Crippen molar-refractivity contribution < 1.29 is 5.11 Å². The van der Waals surface area contributed by atoms with Crippen LogP contribution in [0.5, 0.6) is 5.75 Å². The first kappa shape index (κ1) is 28.1. The SMILES string of the molecule is CCCCCCCCCCC(CCCC)C(CCCC)(CCCC)c1ccc(O)cc1. The van der Waals surface area contributed by atoms with E-state index in [1.807, 2.05) is 12.1 Å². The maximum atomic E-state index is 9.93. The second kappa shape index (κ2) is 17.6. The summed E-state index contributed by atoms with van der Waals surface area (Å²) in [6.45, 7) is 9.31. The first-order chi connectivity index (χ1) is 15.1. The molecule has 0 amide bonds. The molecule has 0 aliphatic carbocycles. The van der Waals surface area contributed by atoms with Crippen molar-refractivity contribution >= 4 is 0 Å². The third-order valence-corrected chi connectivity index (χ3v) is 7.49. The summed E-state index contributed by atoms with van der Waals surface area (Å²) in [5.41, 5.74) is 1.78. The van der Waals surface area contributed by atoms with Crippen LogP contribution < -0.4 is 0 Å². The molecule has 0 aromatic heterocycles. The van der Waals surface area contributed by atoms with Crippen molar-refractivity contribution in [2.75, 3.05) is 0 Å². The van der Waals surface area contributed by atoms with Crippen molar-refractivity contribution in [1.29, 1.82) is 0 Å². The zero-order valence-corrected chi connectivity index (χ0v) is 21.6. The minimum atomic E-state index is 0.288. The third kappa shape index (κ3) is 10.5. The molecule has 1 rings (SSSR count). The van der Waals surface area contributed by atoms with Crippen LogP contribution in [0.2, 0.25) is 0 Å². The van der Waals surface area contributed by atoms with Crippen molar-refractivity contribution in [3.63, 3.8) is 0 Å². The monoisotopic (exact) mass is 430 g/mol. The Balaban J connectivity index is 2.94. The topological polar surface area (TPSA) is 20.2 Å². The molecule has 180 valence electrons. The van der Waals surface area contributed by atoms with Crippen LogP contribution in [0.3, 0.4) is 0 Å². The lowest BCUT2D eigenvalue weighted by Crippen LogP contribution is -2.36. The number of benzene rings is 1. The van der Waals surface area contributed by atoms with E-state index in [1.54, 1.807) is 0 Å². The highest BCUT2D eigenvalue weighted by Gasteiger charge is 2.38. The van der Waals surface area contributed by atoms with Gasteiger partial charge in [-0.25, -0.2) is 0 Å². The summed E-state index contributed by atoms with van der Waals surface area (Å²) in [6.07, 6.45) is 24.4. The van der Waals surface area contributed by atoms with E-state index in [2.05, 4.69) is 39.8 Å². The minimum absolute atomic E-state index is 0.288. The number of phenols is 1. The Bertz CT molecular complexity index is 510. The van der Waals surface area contributed by atoms with Gasteiger partial charge in [-0.15, -0.1) is 0 Å². The fraction of sp³-hybridized carbons (Fsp3) is 0.800. The molecule has 1 N–H and O–H groups in total. The molecule has 1 unspecified atom stereocenters. The molecule has 0 aliphatic heterocycles. The second-order valence-electron chi connectivity index (χ2n) is 10.0. The van der Waals surface area contributed by atoms with Crippen LogP contribution in [0.1, 0.15) is 149 Å². The molecule has 1 heteroatoms. The van der Waals surface area contributed by atoms with Gasteiger partial charge >= 0.3 is 0 Å². The molecular weight excluding hydrogens is 376 g/mol. The Morgan fingerprint density at radius 3 is 1.55 bits per heavy atom. The Kier molecular flexibility index (Phi) is 15.9. The highest BCUT2D eigenvalue weighted by atomic mass is 16.3.